The number of imidazole rings is 1. The van der Waals surface area contributed by atoms with Crippen LogP contribution in [0, 0.1) is 0 Å². The maximum absolute atomic E-state index is 12.1. The Balaban J connectivity index is 2.25. The van der Waals surface area contributed by atoms with Gasteiger partial charge in [0, 0.05) is 29.5 Å². The minimum atomic E-state index is -0.224. The summed E-state index contributed by atoms with van der Waals surface area (Å²) in [4.78, 5) is 23.9. The molecule has 0 atom stereocenters. The number of aryl methyl sites for hydroxylation is 1. The molecule has 0 aliphatic carbocycles. The molecule has 2 aromatic rings. The first-order chi connectivity index (χ1) is 9.02. The number of hydrogen-bond acceptors (Lipinski definition) is 2. The van der Waals surface area contributed by atoms with E-state index in [1.165, 1.54) is 15.2 Å². The smallest absolute Gasteiger partial charge is 0.300 e. The third-order valence-corrected chi connectivity index (χ3v) is 3.35. The summed E-state index contributed by atoms with van der Waals surface area (Å²) in [6, 6.07) is 4.67. The molecule has 0 saturated carbocycles. The normalized spacial score (nSPS) is 10.7. The first-order valence-corrected chi connectivity index (χ1v) is 6.52. The van der Waals surface area contributed by atoms with Gasteiger partial charge < -0.3 is 0 Å². The molecule has 0 aliphatic rings. The lowest BCUT2D eigenvalue weighted by Crippen LogP contribution is -2.26. The quantitative estimate of drug-likeness (QED) is 0.815. The highest BCUT2D eigenvalue weighted by Crippen LogP contribution is 2.21. The number of aromatic nitrogens is 2. The van der Waals surface area contributed by atoms with Crippen molar-refractivity contribution in [1.82, 2.24) is 9.13 Å². The monoisotopic (exact) mass is 298 g/mol. The van der Waals surface area contributed by atoms with Crippen LogP contribution in [0.25, 0.3) is 0 Å². The molecule has 1 aromatic carbocycles. The van der Waals surface area contributed by atoms with E-state index in [1.807, 2.05) is 6.92 Å². The van der Waals surface area contributed by atoms with E-state index in [9.17, 15) is 9.59 Å². The minimum Gasteiger partial charge on any atom is -0.300 e. The summed E-state index contributed by atoms with van der Waals surface area (Å²) in [6.45, 7) is 2.40. The van der Waals surface area contributed by atoms with Crippen molar-refractivity contribution >= 4 is 29.0 Å². The fourth-order valence-corrected chi connectivity index (χ4v) is 2.28. The molecule has 0 spiro atoms. The van der Waals surface area contributed by atoms with Gasteiger partial charge in [-0.05, 0) is 25.1 Å². The van der Waals surface area contributed by atoms with Gasteiger partial charge in [0.15, 0.2) is 5.78 Å². The van der Waals surface area contributed by atoms with E-state index >= 15 is 0 Å². The topological polar surface area (TPSA) is 44.0 Å². The highest BCUT2D eigenvalue weighted by Gasteiger charge is 2.13. The highest BCUT2D eigenvalue weighted by atomic mass is 35.5. The van der Waals surface area contributed by atoms with Gasteiger partial charge in [0.25, 0.3) is 0 Å². The van der Waals surface area contributed by atoms with Crippen LogP contribution in [-0.4, -0.2) is 14.9 Å². The summed E-state index contributed by atoms with van der Waals surface area (Å²) >= 11 is 11.7. The summed E-state index contributed by atoms with van der Waals surface area (Å²) < 4.78 is 2.88. The van der Waals surface area contributed by atoms with Gasteiger partial charge in [-0.1, -0.05) is 23.2 Å². The second kappa shape index (κ2) is 5.63. The van der Waals surface area contributed by atoms with Crippen molar-refractivity contribution in [3.05, 3.63) is 56.7 Å². The van der Waals surface area contributed by atoms with Crippen LogP contribution in [0.15, 0.2) is 35.4 Å². The molecule has 0 bridgehead atoms. The average molecular weight is 299 g/mol. The fraction of sp³-hybridized carbons (Fsp3) is 0.231. The number of carbonyl (C=O) groups is 1. The standard InChI is InChI=1S/C13H12Cl2N2O2/c1-2-16-5-6-17(13(16)19)8-12(18)10-4-3-9(14)7-11(10)15/h3-7H,2,8H2,1H3. The van der Waals surface area contributed by atoms with E-state index in [0.29, 0.717) is 22.2 Å². The number of nitrogens with zero attached hydrogens (tertiary/aromatic N) is 2. The number of hydrogen-bond donors (Lipinski definition) is 0. The van der Waals surface area contributed by atoms with Gasteiger partial charge in [-0.25, -0.2) is 4.79 Å². The van der Waals surface area contributed by atoms with Gasteiger partial charge in [-0.2, -0.15) is 0 Å². The molecule has 4 nitrogen and oxygen atoms in total. The molecule has 100 valence electrons. The molecule has 0 unspecified atom stereocenters. The molecule has 1 heterocycles. The van der Waals surface area contributed by atoms with Gasteiger partial charge in [-0.3, -0.25) is 13.9 Å². The molecule has 6 heteroatoms. The SMILES string of the molecule is CCn1ccn(CC(=O)c2ccc(Cl)cc2Cl)c1=O. The zero-order valence-corrected chi connectivity index (χ0v) is 11.8. The zero-order valence-electron chi connectivity index (χ0n) is 10.3. The van der Waals surface area contributed by atoms with E-state index < -0.39 is 0 Å². The van der Waals surface area contributed by atoms with Crippen LogP contribution in [0.1, 0.15) is 17.3 Å². The van der Waals surface area contributed by atoms with Crippen molar-refractivity contribution < 1.29 is 4.79 Å². The summed E-state index contributed by atoms with van der Waals surface area (Å²) in [5.74, 6) is -0.224. The molecule has 2 rings (SSSR count). The van der Waals surface area contributed by atoms with Gasteiger partial charge in [0.1, 0.15) is 0 Å². The average Bonchev–Trinajstić information content (AvgIpc) is 2.70. The Kier molecular flexibility index (Phi) is 4.12. The number of Topliss-reactive ketones (excluding diaryl/α,β-unsaturated/α-hetero) is 1. The van der Waals surface area contributed by atoms with Crippen molar-refractivity contribution in [2.45, 2.75) is 20.0 Å². The Bertz CT molecular complexity index is 674. The highest BCUT2D eigenvalue weighted by molar-refractivity contribution is 6.36. The van der Waals surface area contributed by atoms with Crippen LogP contribution >= 0.6 is 23.2 Å². The van der Waals surface area contributed by atoms with Gasteiger partial charge in [-0.15, -0.1) is 0 Å². The van der Waals surface area contributed by atoms with Crippen molar-refractivity contribution in [2.24, 2.45) is 0 Å². The predicted molar refractivity (Wildman–Crippen MR) is 75.2 cm³/mol. The number of rotatable bonds is 4. The third-order valence-electron chi connectivity index (χ3n) is 2.80. The molecule has 19 heavy (non-hydrogen) atoms. The molecular formula is C13H12Cl2N2O2. The first-order valence-electron chi connectivity index (χ1n) is 5.76. The molecule has 0 radical (unpaired) electrons. The Labute approximate surface area is 120 Å². The Morgan fingerprint density at radius 2 is 1.89 bits per heavy atom. The van der Waals surface area contributed by atoms with Crippen LogP contribution in [0.3, 0.4) is 0 Å². The summed E-state index contributed by atoms with van der Waals surface area (Å²) in [5, 5.41) is 0.760. The predicted octanol–water partition coefficient (Wildman–Crippen LogP) is 2.86. The van der Waals surface area contributed by atoms with E-state index in [0.717, 1.165) is 0 Å². The Hall–Kier alpha value is -1.52. The van der Waals surface area contributed by atoms with Crippen molar-refractivity contribution in [3.63, 3.8) is 0 Å². The van der Waals surface area contributed by atoms with Crippen LogP contribution in [0.4, 0.5) is 0 Å². The van der Waals surface area contributed by atoms with E-state index in [-0.39, 0.29) is 18.0 Å². The Morgan fingerprint density at radius 3 is 2.47 bits per heavy atom. The third kappa shape index (κ3) is 2.91. The van der Waals surface area contributed by atoms with E-state index in [1.54, 1.807) is 24.5 Å². The summed E-state index contributed by atoms with van der Waals surface area (Å²) in [5.41, 5.74) is 0.156. The van der Waals surface area contributed by atoms with Gasteiger partial charge in [0.2, 0.25) is 0 Å². The lowest BCUT2D eigenvalue weighted by molar-refractivity contribution is 0.0971. The van der Waals surface area contributed by atoms with Crippen molar-refractivity contribution in [3.8, 4) is 0 Å². The summed E-state index contributed by atoms with van der Waals surface area (Å²) in [6.07, 6.45) is 3.24. The molecule has 0 saturated heterocycles. The first kappa shape index (κ1) is 13.9. The molecule has 0 amide bonds. The maximum atomic E-state index is 12.1. The lowest BCUT2D eigenvalue weighted by atomic mass is 10.1. The Morgan fingerprint density at radius 1 is 1.21 bits per heavy atom. The van der Waals surface area contributed by atoms with Crippen LogP contribution in [0.2, 0.25) is 10.0 Å². The fourth-order valence-electron chi connectivity index (χ4n) is 1.77. The second-order valence-electron chi connectivity index (χ2n) is 4.04. The minimum absolute atomic E-state index is 0.0345. The molecule has 0 aliphatic heterocycles. The van der Waals surface area contributed by atoms with E-state index in [2.05, 4.69) is 0 Å². The lowest BCUT2D eigenvalue weighted by Gasteiger charge is -2.04. The number of ketones is 1. The molecule has 1 aromatic heterocycles. The second-order valence-corrected chi connectivity index (χ2v) is 4.89. The van der Waals surface area contributed by atoms with Gasteiger partial charge >= 0.3 is 5.69 Å². The number of carbonyl (C=O) groups excluding carboxylic acids is 1. The maximum Gasteiger partial charge on any atom is 0.328 e. The van der Waals surface area contributed by atoms with Crippen LogP contribution < -0.4 is 5.69 Å². The number of benzene rings is 1. The van der Waals surface area contributed by atoms with Crippen LogP contribution in [-0.2, 0) is 13.1 Å². The molecular weight excluding hydrogens is 287 g/mol. The van der Waals surface area contributed by atoms with Crippen molar-refractivity contribution in [2.75, 3.05) is 0 Å². The number of halogens is 2. The summed E-state index contributed by atoms with van der Waals surface area (Å²) in [7, 11) is 0. The van der Waals surface area contributed by atoms with Crippen LogP contribution in [0.5, 0.6) is 0 Å². The van der Waals surface area contributed by atoms with E-state index in [4.69, 9.17) is 23.2 Å². The van der Waals surface area contributed by atoms with Crippen molar-refractivity contribution in [1.29, 1.82) is 0 Å². The molecule has 0 fully saturated rings. The largest absolute Gasteiger partial charge is 0.328 e. The zero-order chi connectivity index (χ0) is 14.0. The van der Waals surface area contributed by atoms with Gasteiger partial charge in [0.05, 0.1) is 11.6 Å². The molecule has 0 N–H and O–H groups in total.